The van der Waals surface area contributed by atoms with Crippen LogP contribution in [0.3, 0.4) is 0 Å². The van der Waals surface area contributed by atoms with E-state index in [0.29, 0.717) is 6.04 Å². The predicted molar refractivity (Wildman–Crippen MR) is 67.0 cm³/mol. The zero-order chi connectivity index (χ0) is 10.7. The summed E-state index contributed by atoms with van der Waals surface area (Å²) in [7, 11) is 0. The van der Waals surface area contributed by atoms with Crippen LogP contribution in [0.15, 0.2) is 28.7 Å². The van der Waals surface area contributed by atoms with Crippen molar-refractivity contribution in [2.24, 2.45) is 0 Å². The van der Waals surface area contributed by atoms with Gasteiger partial charge in [-0.15, -0.1) is 0 Å². The number of benzene rings is 1. The van der Waals surface area contributed by atoms with Gasteiger partial charge in [0.1, 0.15) is 0 Å². The maximum atomic E-state index is 3.56. The molecule has 1 heterocycles. The Labute approximate surface area is 99.8 Å². The average molecular weight is 269 g/mol. The monoisotopic (exact) mass is 268 g/mol. The highest BCUT2D eigenvalue weighted by molar-refractivity contribution is 9.10. The van der Waals surface area contributed by atoms with Crippen molar-refractivity contribution in [1.29, 1.82) is 0 Å². The van der Waals surface area contributed by atoms with Gasteiger partial charge in [0.05, 0.1) is 0 Å². The highest BCUT2D eigenvalue weighted by Gasteiger charge is 2.19. The molecule has 1 atom stereocenters. The third-order valence-electron chi connectivity index (χ3n) is 2.96. The molecule has 1 aliphatic rings. The molecule has 3 heteroatoms. The van der Waals surface area contributed by atoms with E-state index in [4.69, 9.17) is 0 Å². The number of halogens is 1. The first-order valence-electron chi connectivity index (χ1n) is 5.51. The van der Waals surface area contributed by atoms with Crippen molar-refractivity contribution in [3.8, 4) is 0 Å². The molecule has 0 radical (unpaired) electrons. The van der Waals surface area contributed by atoms with E-state index in [1.807, 2.05) is 0 Å². The molecule has 0 aliphatic carbocycles. The molecule has 1 fully saturated rings. The summed E-state index contributed by atoms with van der Waals surface area (Å²) in [5.41, 5.74) is 1.38. The Balaban J connectivity index is 2.09. The van der Waals surface area contributed by atoms with E-state index in [2.05, 4.69) is 57.3 Å². The lowest BCUT2D eigenvalue weighted by Gasteiger charge is -2.33. The number of nitrogens with one attached hydrogen (secondary N) is 1. The maximum absolute atomic E-state index is 3.56. The molecule has 82 valence electrons. The zero-order valence-electron chi connectivity index (χ0n) is 9.04. The van der Waals surface area contributed by atoms with Gasteiger partial charge in [0.15, 0.2) is 0 Å². The van der Waals surface area contributed by atoms with Crippen molar-refractivity contribution < 1.29 is 0 Å². The van der Waals surface area contributed by atoms with Crippen molar-refractivity contribution >= 4 is 15.9 Å². The predicted octanol–water partition coefficient (Wildman–Crippen LogP) is 2.42. The third kappa shape index (κ3) is 2.80. The second-order valence-corrected chi connectivity index (χ2v) is 4.87. The molecule has 1 aromatic rings. The maximum Gasteiger partial charge on any atom is 0.0450 e. The van der Waals surface area contributed by atoms with Crippen LogP contribution in [0.2, 0.25) is 0 Å². The molecule has 1 saturated heterocycles. The van der Waals surface area contributed by atoms with Gasteiger partial charge in [-0.3, -0.25) is 0 Å². The molecule has 15 heavy (non-hydrogen) atoms. The van der Waals surface area contributed by atoms with Gasteiger partial charge >= 0.3 is 0 Å². The van der Waals surface area contributed by atoms with Crippen LogP contribution in [0.25, 0.3) is 0 Å². The van der Waals surface area contributed by atoms with Gasteiger partial charge in [-0.2, -0.15) is 0 Å². The quantitative estimate of drug-likeness (QED) is 0.887. The van der Waals surface area contributed by atoms with E-state index in [-0.39, 0.29) is 0 Å². The summed E-state index contributed by atoms with van der Waals surface area (Å²) >= 11 is 3.52. The number of piperazine rings is 1. The number of rotatable bonds is 2. The summed E-state index contributed by atoms with van der Waals surface area (Å²) in [6, 6.07) is 9.06. The lowest BCUT2D eigenvalue weighted by atomic mass is 10.0. The molecule has 1 aromatic carbocycles. The van der Waals surface area contributed by atoms with E-state index in [0.717, 1.165) is 24.1 Å². The Morgan fingerprint density at radius 2 is 2.40 bits per heavy atom. The largest absolute Gasteiger partial charge is 0.308 e. The fourth-order valence-corrected chi connectivity index (χ4v) is 2.46. The number of nitrogens with zero attached hydrogens (tertiary/aromatic N) is 1. The smallest absolute Gasteiger partial charge is 0.0450 e. The van der Waals surface area contributed by atoms with Gasteiger partial charge in [-0.1, -0.05) is 35.0 Å². The molecule has 1 aliphatic heterocycles. The standard InChI is InChI=1S/C12H17BrN2/c1-2-15-7-6-14-12(9-15)10-4-3-5-11(13)8-10/h3-5,8,12,14H,2,6-7,9H2,1H3. The van der Waals surface area contributed by atoms with E-state index >= 15 is 0 Å². The Morgan fingerprint density at radius 1 is 1.53 bits per heavy atom. The highest BCUT2D eigenvalue weighted by atomic mass is 79.9. The second-order valence-electron chi connectivity index (χ2n) is 3.95. The molecule has 1 unspecified atom stereocenters. The summed E-state index contributed by atoms with van der Waals surface area (Å²) in [5, 5.41) is 3.56. The highest BCUT2D eigenvalue weighted by Crippen LogP contribution is 2.20. The minimum absolute atomic E-state index is 0.483. The lowest BCUT2D eigenvalue weighted by molar-refractivity contribution is 0.210. The van der Waals surface area contributed by atoms with Crippen LogP contribution < -0.4 is 5.32 Å². The molecule has 0 amide bonds. The van der Waals surface area contributed by atoms with Crippen molar-refractivity contribution in [3.05, 3.63) is 34.3 Å². The summed E-state index contributed by atoms with van der Waals surface area (Å²) < 4.78 is 1.16. The number of likely N-dealkylation sites (N-methyl/N-ethyl adjacent to an activating group) is 1. The van der Waals surface area contributed by atoms with Crippen LogP contribution in [0, 0.1) is 0 Å². The molecule has 0 saturated carbocycles. The van der Waals surface area contributed by atoms with Crippen molar-refractivity contribution in [3.63, 3.8) is 0 Å². The normalized spacial score (nSPS) is 22.9. The van der Waals surface area contributed by atoms with Crippen LogP contribution in [0.4, 0.5) is 0 Å². The summed E-state index contributed by atoms with van der Waals surface area (Å²) in [4.78, 5) is 2.49. The van der Waals surface area contributed by atoms with Crippen molar-refractivity contribution in [1.82, 2.24) is 10.2 Å². The first-order valence-corrected chi connectivity index (χ1v) is 6.30. The molecule has 0 spiro atoms. The summed E-state index contributed by atoms with van der Waals surface area (Å²) in [6.45, 7) is 6.74. The minimum atomic E-state index is 0.483. The molecule has 2 nitrogen and oxygen atoms in total. The van der Waals surface area contributed by atoms with Crippen molar-refractivity contribution in [2.75, 3.05) is 26.2 Å². The Hall–Kier alpha value is -0.380. The van der Waals surface area contributed by atoms with Gasteiger partial charge in [0.25, 0.3) is 0 Å². The van der Waals surface area contributed by atoms with Gasteiger partial charge in [0.2, 0.25) is 0 Å². The van der Waals surface area contributed by atoms with Crippen LogP contribution in [-0.2, 0) is 0 Å². The fraction of sp³-hybridized carbons (Fsp3) is 0.500. The van der Waals surface area contributed by atoms with E-state index in [9.17, 15) is 0 Å². The topological polar surface area (TPSA) is 15.3 Å². The van der Waals surface area contributed by atoms with Crippen molar-refractivity contribution in [2.45, 2.75) is 13.0 Å². The van der Waals surface area contributed by atoms with Crippen LogP contribution in [0.5, 0.6) is 0 Å². The van der Waals surface area contributed by atoms with E-state index in [1.54, 1.807) is 0 Å². The summed E-state index contributed by atoms with van der Waals surface area (Å²) in [6.07, 6.45) is 0. The number of hydrogen-bond acceptors (Lipinski definition) is 2. The molecule has 2 rings (SSSR count). The Bertz CT molecular complexity index is 327. The SMILES string of the molecule is CCN1CCNC(c2cccc(Br)c2)C1. The number of hydrogen-bond donors (Lipinski definition) is 1. The van der Waals surface area contributed by atoms with Crippen LogP contribution in [-0.4, -0.2) is 31.1 Å². The molecule has 0 aromatic heterocycles. The van der Waals surface area contributed by atoms with Gasteiger partial charge in [0, 0.05) is 30.1 Å². The van der Waals surface area contributed by atoms with Crippen LogP contribution in [0.1, 0.15) is 18.5 Å². The van der Waals surface area contributed by atoms with Crippen LogP contribution >= 0.6 is 15.9 Å². The molecule has 1 N–H and O–H groups in total. The van der Waals surface area contributed by atoms with Gasteiger partial charge in [-0.05, 0) is 24.2 Å². The molecule has 0 bridgehead atoms. The van der Waals surface area contributed by atoms with Gasteiger partial charge in [-0.25, -0.2) is 0 Å². The fourth-order valence-electron chi connectivity index (χ4n) is 2.04. The Kier molecular flexibility index (Phi) is 3.78. The third-order valence-corrected chi connectivity index (χ3v) is 3.45. The summed E-state index contributed by atoms with van der Waals surface area (Å²) in [5.74, 6) is 0. The van der Waals surface area contributed by atoms with E-state index in [1.165, 1.54) is 12.1 Å². The minimum Gasteiger partial charge on any atom is -0.308 e. The van der Waals surface area contributed by atoms with E-state index < -0.39 is 0 Å². The molecular formula is C12H17BrN2. The average Bonchev–Trinajstić information content (AvgIpc) is 2.29. The molecular weight excluding hydrogens is 252 g/mol. The first kappa shape index (κ1) is 11.1. The van der Waals surface area contributed by atoms with Gasteiger partial charge < -0.3 is 10.2 Å². The first-order chi connectivity index (χ1) is 7.29. The Morgan fingerprint density at radius 3 is 3.13 bits per heavy atom. The lowest BCUT2D eigenvalue weighted by Crippen LogP contribution is -2.45. The zero-order valence-corrected chi connectivity index (χ0v) is 10.6. The second kappa shape index (κ2) is 5.10.